The van der Waals surface area contributed by atoms with E-state index < -0.39 is 7.26 Å². The number of benzene rings is 3. The maximum Gasteiger partial charge on any atom is 0.129 e. The van der Waals surface area contributed by atoms with E-state index in [0.717, 1.165) is 11.9 Å². The molecular weight excluding hydrogens is 404 g/mol. The molecular formula is C24H20Cl2NP. The van der Waals surface area contributed by atoms with Crippen LogP contribution < -0.4 is 28.3 Å². The fraction of sp³-hybridized carbons (Fsp3) is 0.0417. The van der Waals surface area contributed by atoms with Crippen LogP contribution in [0.2, 0.25) is 5.15 Å². The van der Waals surface area contributed by atoms with E-state index in [1.807, 2.05) is 12.1 Å². The van der Waals surface area contributed by atoms with Crippen LogP contribution in [0.25, 0.3) is 0 Å². The Morgan fingerprint density at radius 3 is 1.39 bits per heavy atom. The van der Waals surface area contributed by atoms with Crippen molar-refractivity contribution in [3.8, 4) is 0 Å². The summed E-state index contributed by atoms with van der Waals surface area (Å²) in [6.07, 6.45) is 0.839. The highest BCUT2D eigenvalue weighted by atomic mass is 35.5. The van der Waals surface area contributed by atoms with Gasteiger partial charge in [0.25, 0.3) is 0 Å². The highest BCUT2D eigenvalue weighted by Crippen LogP contribution is 2.57. The van der Waals surface area contributed by atoms with Gasteiger partial charge in [0.05, 0.1) is 5.69 Å². The summed E-state index contributed by atoms with van der Waals surface area (Å²) < 4.78 is 0. The Morgan fingerprint density at radius 1 is 0.571 bits per heavy atom. The van der Waals surface area contributed by atoms with Crippen LogP contribution in [0.5, 0.6) is 0 Å². The lowest BCUT2D eigenvalue weighted by atomic mass is 10.3. The molecule has 0 fully saturated rings. The molecule has 0 N–H and O–H groups in total. The molecule has 0 aliphatic rings. The van der Waals surface area contributed by atoms with Crippen LogP contribution >= 0.6 is 18.9 Å². The zero-order valence-corrected chi connectivity index (χ0v) is 17.7. The molecule has 4 aromatic rings. The lowest BCUT2D eigenvalue weighted by Gasteiger charge is -2.27. The SMILES string of the molecule is Clc1cccc(C[P+](c2ccccc2)(c2ccccc2)c2ccccc2)n1.[Cl-]. The highest BCUT2D eigenvalue weighted by molar-refractivity contribution is 7.95. The Labute approximate surface area is 178 Å². The monoisotopic (exact) mass is 423 g/mol. The minimum absolute atomic E-state index is 0. The van der Waals surface area contributed by atoms with Gasteiger partial charge in [-0.2, -0.15) is 0 Å². The predicted molar refractivity (Wildman–Crippen MR) is 118 cm³/mol. The lowest BCUT2D eigenvalue weighted by Crippen LogP contribution is -3.00. The molecule has 140 valence electrons. The highest BCUT2D eigenvalue weighted by Gasteiger charge is 2.45. The Bertz CT molecular complexity index is 912. The molecule has 0 spiro atoms. The Balaban J connectivity index is 0.00000225. The molecule has 0 atom stereocenters. The van der Waals surface area contributed by atoms with Gasteiger partial charge >= 0.3 is 0 Å². The first-order chi connectivity index (χ1) is 13.3. The quantitative estimate of drug-likeness (QED) is 0.354. The number of halogens is 2. The van der Waals surface area contributed by atoms with E-state index in [4.69, 9.17) is 11.6 Å². The molecule has 4 heteroatoms. The molecule has 28 heavy (non-hydrogen) atoms. The topological polar surface area (TPSA) is 12.9 Å². The molecule has 0 saturated heterocycles. The molecule has 0 aliphatic carbocycles. The standard InChI is InChI=1S/C24H20ClNP.ClH/c25-24-18-10-11-20(26-24)19-27(21-12-4-1-5-13-21,22-14-6-2-7-15-22)23-16-8-3-9-17-23;/h1-18H,19H2;1H/q+1;/p-1. The van der Waals surface area contributed by atoms with Gasteiger partial charge in [-0.3, -0.25) is 0 Å². The first kappa shape index (κ1) is 20.6. The molecule has 0 radical (unpaired) electrons. The van der Waals surface area contributed by atoms with Gasteiger partial charge < -0.3 is 12.4 Å². The van der Waals surface area contributed by atoms with Crippen molar-refractivity contribution in [3.05, 3.63) is 120 Å². The third-order valence-corrected chi connectivity index (χ3v) is 9.31. The van der Waals surface area contributed by atoms with Crippen molar-refractivity contribution in [2.45, 2.75) is 6.16 Å². The van der Waals surface area contributed by atoms with Crippen molar-refractivity contribution in [1.29, 1.82) is 0 Å². The van der Waals surface area contributed by atoms with Crippen LogP contribution in [0, 0.1) is 0 Å². The zero-order valence-electron chi connectivity index (χ0n) is 15.2. The summed E-state index contributed by atoms with van der Waals surface area (Å²) in [7, 11) is -1.92. The van der Waals surface area contributed by atoms with E-state index in [1.165, 1.54) is 15.9 Å². The summed E-state index contributed by atoms with van der Waals surface area (Å²) in [4.78, 5) is 4.63. The Kier molecular flexibility index (Phi) is 6.86. The first-order valence-electron chi connectivity index (χ1n) is 8.95. The molecule has 3 aromatic carbocycles. The third kappa shape index (κ3) is 4.13. The van der Waals surface area contributed by atoms with Crippen molar-refractivity contribution in [3.63, 3.8) is 0 Å². The number of nitrogens with zero attached hydrogens (tertiary/aromatic N) is 1. The minimum atomic E-state index is -1.92. The van der Waals surface area contributed by atoms with Gasteiger partial charge in [-0.25, -0.2) is 4.98 Å². The van der Waals surface area contributed by atoms with Gasteiger partial charge in [0.2, 0.25) is 0 Å². The molecule has 0 aliphatic heterocycles. The maximum absolute atomic E-state index is 6.21. The molecule has 0 bridgehead atoms. The van der Waals surface area contributed by atoms with E-state index in [9.17, 15) is 0 Å². The summed E-state index contributed by atoms with van der Waals surface area (Å²) in [5, 5.41) is 4.59. The van der Waals surface area contributed by atoms with Gasteiger partial charge in [-0.05, 0) is 48.5 Å². The number of rotatable bonds is 5. The van der Waals surface area contributed by atoms with Gasteiger partial charge in [0.1, 0.15) is 34.5 Å². The molecule has 0 saturated carbocycles. The van der Waals surface area contributed by atoms with Crippen molar-refractivity contribution in [1.82, 2.24) is 4.98 Å². The van der Waals surface area contributed by atoms with E-state index in [1.54, 1.807) is 0 Å². The minimum Gasteiger partial charge on any atom is -1.00 e. The number of hydrogen-bond acceptors (Lipinski definition) is 1. The van der Waals surface area contributed by atoms with Crippen molar-refractivity contribution in [2.24, 2.45) is 0 Å². The van der Waals surface area contributed by atoms with Crippen LogP contribution in [-0.2, 0) is 6.16 Å². The van der Waals surface area contributed by atoms with Crippen molar-refractivity contribution in [2.75, 3.05) is 0 Å². The molecule has 0 amide bonds. The second kappa shape index (κ2) is 9.34. The molecule has 4 rings (SSSR count). The van der Waals surface area contributed by atoms with Gasteiger partial charge in [0, 0.05) is 0 Å². The van der Waals surface area contributed by atoms with Crippen molar-refractivity contribution < 1.29 is 12.4 Å². The largest absolute Gasteiger partial charge is 1.00 e. The number of hydrogen-bond donors (Lipinski definition) is 0. The average molecular weight is 424 g/mol. The summed E-state index contributed by atoms with van der Waals surface area (Å²) in [6, 6.07) is 38.4. The number of aromatic nitrogens is 1. The predicted octanol–water partition coefficient (Wildman–Crippen LogP) is 2.23. The fourth-order valence-corrected chi connectivity index (χ4v) is 7.88. The molecule has 1 aromatic heterocycles. The molecule has 0 unspecified atom stereocenters. The smallest absolute Gasteiger partial charge is 0.129 e. The Hall–Kier alpha value is -2.18. The molecule has 1 heterocycles. The van der Waals surface area contributed by atoms with Crippen LogP contribution in [0.3, 0.4) is 0 Å². The lowest BCUT2D eigenvalue weighted by molar-refractivity contribution is -0.00000526. The number of pyridine rings is 1. The first-order valence-corrected chi connectivity index (χ1v) is 11.3. The van der Waals surface area contributed by atoms with E-state index >= 15 is 0 Å². The van der Waals surface area contributed by atoms with Crippen LogP contribution in [0.1, 0.15) is 5.69 Å². The summed E-state index contributed by atoms with van der Waals surface area (Å²) in [5.74, 6) is 0. The zero-order chi connectivity index (χ0) is 18.5. The maximum atomic E-state index is 6.21. The third-order valence-electron chi connectivity index (χ3n) is 4.76. The van der Waals surface area contributed by atoms with E-state index in [2.05, 4.69) is 102 Å². The van der Waals surface area contributed by atoms with Crippen LogP contribution in [0.15, 0.2) is 109 Å². The van der Waals surface area contributed by atoms with Crippen LogP contribution in [-0.4, -0.2) is 4.98 Å². The van der Waals surface area contributed by atoms with Gasteiger partial charge in [0.15, 0.2) is 0 Å². The summed E-state index contributed by atoms with van der Waals surface area (Å²) in [6.45, 7) is 0. The summed E-state index contributed by atoms with van der Waals surface area (Å²) >= 11 is 6.21. The second-order valence-electron chi connectivity index (χ2n) is 6.43. The van der Waals surface area contributed by atoms with E-state index in [0.29, 0.717) is 5.15 Å². The Morgan fingerprint density at radius 2 is 1.00 bits per heavy atom. The second-order valence-corrected chi connectivity index (χ2v) is 10.3. The molecule has 1 nitrogen and oxygen atoms in total. The normalized spacial score (nSPS) is 10.9. The van der Waals surface area contributed by atoms with Gasteiger partial charge in [-0.1, -0.05) is 72.3 Å². The van der Waals surface area contributed by atoms with Gasteiger partial charge in [-0.15, -0.1) is 0 Å². The fourth-order valence-electron chi connectivity index (χ4n) is 3.55. The van der Waals surface area contributed by atoms with E-state index in [-0.39, 0.29) is 12.4 Å². The van der Waals surface area contributed by atoms with Crippen LogP contribution in [0.4, 0.5) is 0 Å². The summed E-state index contributed by atoms with van der Waals surface area (Å²) in [5.41, 5.74) is 1.02. The van der Waals surface area contributed by atoms with Crippen molar-refractivity contribution >= 4 is 34.8 Å². The average Bonchev–Trinajstić information content (AvgIpc) is 2.74.